The molecule has 25 heavy (non-hydrogen) atoms. The van der Waals surface area contributed by atoms with E-state index >= 15 is 0 Å². The fourth-order valence-corrected chi connectivity index (χ4v) is 2.90. The number of methoxy groups -OCH3 is 2. The van der Waals surface area contributed by atoms with Crippen LogP contribution in [0.15, 0.2) is 18.2 Å². The van der Waals surface area contributed by atoms with Crippen molar-refractivity contribution in [3.63, 3.8) is 0 Å². The topological polar surface area (TPSA) is 54.0 Å². The van der Waals surface area contributed by atoms with Gasteiger partial charge in [0.25, 0.3) is 0 Å². The van der Waals surface area contributed by atoms with Crippen LogP contribution in [0.3, 0.4) is 0 Å². The highest BCUT2D eigenvalue weighted by Crippen LogP contribution is 2.27. The zero-order valence-electron chi connectivity index (χ0n) is 15.9. The maximum atomic E-state index is 12.2. The normalized spacial score (nSPS) is 16.4. The molecule has 2 amide bonds. The van der Waals surface area contributed by atoms with Gasteiger partial charge in [-0.05, 0) is 37.5 Å². The summed E-state index contributed by atoms with van der Waals surface area (Å²) in [6.07, 6.45) is 1.91. The van der Waals surface area contributed by atoms with Crippen molar-refractivity contribution < 1.29 is 14.3 Å². The van der Waals surface area contributed by atoms with Crippen molar-refractivity contribution in [1.29, 1.82) is 0 Å². The van der Waals surface area contributed by atoms with Crippen LogP contribution in [0.1, 0.15) is 25.8 Å². The van der Waals surface area contributed by atoms with Gasteiger partial charge in [-0.2, -0.15) is 0 Å². The Morgan fingerprint density at radius 1 is 1.16 bits per heavy atom. The summed E-state index contributed by atoms with van der Waals surface area (Å²) in [5, 5.41) is 3.04. The molecule has 6 nitrogen and oxygen atoms in total. The standard InChI is InChI=1S/C19H31N3O3/c1-5-15(2)20-19(23)22-12-10-21(11-13-22)9-8-16-6-7-17(24-3)18(14-16)25-4/h6-7,14-15H,5,8-13H2,1-4H3,(H,20,23). The van der Waals surface area contributed by atoms with Crippen LogP contribution in [0.5, 0.6) is 11.5 Å². The van der Waals surface area contributed by atoms with E-state index < -0.39 is 0 Å². The summed E-state index contributed by atoms with van der Waals surface area (Å²) in [6, 6.07) is 6.36. The summed E-state index contributed by atoms with van der Waals surface area (Å²) in [4.78, 5) is 16.5. The second kappa shape index (κ2) is 9.51. The van der Waals surface area contributed by atoms with Gasteiger partial charge in [0.15, 0.2) is 11.5 Å². The number of urea groups is 1. The van der Waals surface area contributed by atoms with Crippen molar-refractivity contribution in [2.24, 2.45) is 0 Å². The maximum absolute atomic E-state index is 12.2. The Bertz CT molecular complexity index is 557. The van der Waals surface area contributed by atoms with Crippen molar-refractivity contribution in [2.75, 3.05) is 46.9 Å². The third-order valence-electron chi connectivity index (χ3n) is 4.81. The van der Waals surface area contributed by atoms with Crippen molar-refractivity contribution in [2.45, 2.75) is 32.7 Å². The smallest absolute Gasteiger partial charge is 0.317 e. The van der Waals surface area contributed by atoms with Crippen molar-refractivity contribution in [3.8, 4) is 11.5 Å². The molecule has 1 unspecified atom stereocenters. The SMILES string of the molecule is CCC(C)NC(=O)N1CCN(CCc2ccc(OC)c(OC)c2)CC1. The molecule has 2 rings (SSSR count). The lowest BCUT2D eigenvalue weighted by Gasteiger charge is -2.35. The first-order valence-electron chi connectivity index (χ1n) is 9.06. The summed E-state index contributed by atoms with van der Waals surface area (Å²) >= 11 is 0. The van der Waals surface area contributed by atoms with Crippen LogP contribution in [-0.2, 0) is 6.42 Å². The zero-order valence-corrected chi connectivity index (χ0v) is 15.9. The van der Waals surface area contributed by atoms with Crippen LogP contribution in [0.2, 0.25) is 0 Å². The summed E-state index contributed by atoms with van der Waals surface area (Å²) in [5.41, 5.74) is 1.23. The zero-order chi connectivity index (χ0) is 18.2. The molecule has 0 saturated carbocycles. The van der Waals surface area contributed by atoms with Gasteiger partial charge < -0.3 is 19.7 Å². The van der Waals surface area contributed by atoms with Crippen LogP contribution in [0.25, 0.3) is 0 Å². The third kappa shape index (κ3) is 5.53. The fourth-order valence-electron chi connectivity index (χ4n) is 2.90. The molecule has 0 radical (unpaired) electrons. The highest BCUT2D eigenvalue weighted by molar-refractivity contribution is 5.74. The summed E-state index contributed by atoms with van der Waals surface area (Å²) in [6.45, 7) is 8.51. The predicted octanol–water partition coefficient (Wildman–Crippen LogP) is 2.37. The number of nitrogens with zero attached hydrogens (tertiary/aromatic N) is 2. The molecule has 1 saturated heterocycles. The predicted molar refractivity (Wildman–Crippen MR) is 99.5 cm³/mol. The van der Waals surface area contributed by atoms with Gasteiger partial charge in [0, 0.05) is 38.8 Å². The number of ether oxygens (including phenoxy) is 2. The minimum atomic E-state index is 0.0638. The van der Waals surface area contributed by atoms with E-state index in [9.17, 15) is 4.79 Å². The number of hydrogen-bond donors (Lipinski definition) is 1. The first kappa shape index (κ1) is 19.4. The minimum Gasteiger partial charge on any atom is -0.493 e. The average Bonchev–Trinajstić information content (AvgIpc) is 2.66. The minimum absolute atomic E-state index is 0.0638. The summed E-state index contributed by atoms with van der Waals surface area (Å²) in [5.74, 6) is 1.53. The number of carbonyl (C=O) groups excluding carboxylic acids is 1. The van der Waals surface area contributed by atoms with Gasteiger partial charge in [-0.25, -0.2) is 4.79 Å². The first-order chi connectivity index (χ1) is 12.1. The molecule has 1 aromatic rings. The highest BCUT2D eigenvalue weighted by atomic mass is 16.5. The maximum Gasteiger partial charge on any atom is 0.317 e. The number of rotatable bonds is 7. The molecule has 0 spiro atoms. The lowest BCUT2D eigenvalue weighted by Crippen LogP contribution is -2.53. The van der Waals surface area contributed by atoms with Crippen molar-refractivity contribution in [1.82, 2.24) is 15.1 Å². The Morgan fingerprint density at radius 3 is 2.44 bits per heavy atom. The highest BCUT2D eigenvalue weighted by Gasteiger charge is 2.21. The van der Waals surface area contributed by atoms with E-state index in [2.05, 4.69) is 23.2 Å². The van der Waals surface area contributed by atoms with Gasteiger partial charge in [-0.3, -0.25) is 4.90 Å². The molecule has 140 valence electrons. The Morgan fingerprint density at radius 2 is 1.84 bits per heavy atom. The number of nitrogens with one attached hydrogen (secondary N) is 1. The van der Waals surface area contributed by atoms with Crippen LogP contribution in [0.4, 0.5) is 4.79 Å². The molecule has 6 heteroatoms. The molecule has 1 aliphatic rings. The van der Waals surface area contributed by atoms with E-state index in [-0.39, 0.29) is 12.1 Å². The molecule has 1 aromatic carbocycles. The third-order valence-corrected chi connectivity index (χ3v) is 4.81. The van der Waals surface area contributed by atoms with E-state index in [1.54, 1.807) is 14.2 Å². The van der Waals surface area contributed by atoms with Crippen LogP contribution in [0, 0.1) is 0 Å². The van der Waals surface area contributed by atoms with Crippen molar-refractivity contribution >= 4 is 6.03 Å². The number of piperazine rings is 1. The fraction of sp³-hybridized carbons (Fsp3) is 0.632. The lowest BCUT2D eigenvalue weighted by molar-refractivity contribution is 0.138. The van der Waals surface area contributed by atoms with E-state index in [0.29, 0.717) is 0 Å². The van der Waals surface area contributed by atoms with Gasteiger partial charge >= 0.3 is 6.03 Å². The summed E-state index contributed by atoms with van der Waals surface area (Å²) in [7, 11) is 3.31. The number of benzene rings is 1. The second-order valence-corrected chi connectivity index (χ2v) is 6.53. The number of hydrogen-bond acceptors (Lipinski definition) is 4. The number of carbonyl (C=O) groups is 1. The molecule has 1 heterocycles. The van der Waals surface area contributed by atoms with E-state index in [1.807, 2.05) is 24.0 Å². The number of amides is 2. The van der Waals surface area contributed by atoms with Crippen LogP contribution in [-0.4, -0.2) is 68.8 Å². The average molecular weight is 349 g/mol. The first-order valence-corrected chi connectivity index (χ1v) is 9.06. The molecule has 1 atom stereocenters. The Balaban J connectivity index is 1.78. The van der Waals surface area contributed by atoms with Gasteiger partial charge in [-0.15, -0.1) is 0 Å². The molecule has 1 N–H and O–H groups in total. The van der Waals surface area contributed by atoms with E-state index in [1.165, 1.54) is 5.56 Å². The van der Waals surface area contributed by atoms with E-state index in [4.69, 9.17) is 9.47 Å². The van der Waals surface area contributed by atoms with E-state index in [0.717, 1.165) is 57.1 Å². The van der Waals surface area contributed by atoms with Gasteiger partial charge in [0.1, 0.15) is 0 Å². The molecular weight excluding hydrogens is 318 g/mol. The monoisotopic (exact) mass is 349 g/mol. The quantitative estimate of drug-likeness (QED) is 0.821. The van der Waals surface area contributed by atoms with Crippen LogP contribution >= 0.6 is 0 Å². The Kier molecular flexibility index (Phi) is 7.37. The van der Waals surface area contributed by atoms with Crippen molar-refractivity contribution in [3.05, 3.63) is 23.8 Å². The van der Waals surface area contributed by atoms with Gasteiger partial charge in [0.2, 0.25) is 0 Å². The molecular formula is C19H31N3O3. The largest absolute Gasteiger partial charge is 0.493 e. The van der Waals surface area contributed by atoms with Crippen LogP contribution < -0.4 is 14.8 Å². The molecule has 0 bridgehead atoms. The molecule has 1 fully saturated rings. The second-order valence-electron chi connectivity index (χ2n) is 6.53. The molecule has 0 aliphatic carbocycles. The Hall–Kier alpha value is -1.95. The van der Waals surface area contributed by atoms with Gasteiger partial charge in [-0.1, -0.05) is 13.0 Å². The lowest BCUT2D eigenvalue weighted by atomic mass is 10.1. The molecule has 1 aliphatic heterocycles. The molecule has 0 aromatic heterocycles. The summed E-state index contributed by atoms with van der Waals surface area (Å²) < 4.78 is 10.6. The Labute approximate surface area is 151 Å². The van der Waals surface area contributed by atoms with Gasteiger partial charge in [0.05, 0.1) is 14.2 Å².